The number of H-pyrrole nitrogens is 1. The van der Waals surface area contributed by atoms with Crippen LogP contribution in [0.5, 0.6) is 0 Å². The van der Waals surface area contributed by atoms with E-state index in [9.17, 15) is 9.18 Å². The highest BCUT2D eigenvalue weighted by molar-refractivity contribution is 6.31. The number of aromatic nitrogens is 3. The van der Waals surface area contributed by atoms with Crippen LogP contribution >= 0.6 is 11.6 Å². The third-order valence-electron chi connectivity index (χ3n) is 6.43. The Hall–Kier alpha value is -2.97. The van der Waals surface area contributed by atoms with Crippen LogP contribution in [-0.2, 0) is 19.5 Å². The molecule has 1 saturated heterocycles. The number of amides is 2. The summed E-state index contributed by atoms with van der Waals surface area (Å²) in [6.07, 6.45) is 3.34. The van der Waals surface area contributed by atoms with E-state index in [1.54, 1.807) is 18.3 Å². The highest BCUT2D eigenvalue weighted by atomic mass is 35.5. The molecule has 7 nitrogen and oxygen atoms in total. The number of rotatable bonds is 4. The molecule has 33 heavy (non-hydrogen) atoms. The van der Waals surface area contributed by atoms with Crippen molar-refractivity contribution in [2.75, 3.05) is 19.6 Å². The van der Waals surface area contributed by atoms with E-state index in [2.05, 4.69) is 25.4 Å². The van der Waals surface area contributed by atoms with Crippen molar-refractivity contribution in [1.82, 2.24) is 30.3 Å². The summed E-state index contributed by atoms with van der Waals surface area (Å²) in [6, 6.07) is 8.64. The van der Waals surface area contributed by atoms with E-state index in [4.69, 9.17) is 11.6 Å². The van der Waals surface area contributed by atoms with E-state index in [1.165, 1.54) is 6.07 Å². The van der Waals surface area contributed by atoms with Gasteiger partial charge in [0.1, 0.15) is 5.82 Å². The van der Waals surface area contributed by atoms with Gasteiger partial charge in [-0.1, -0.05) is 17.7 Å². The minimum absolute atomic E-state index is 0.0242. The summed E-state index contributed by atoms with van der Waals surface area (Å²) in [7, 11) is 0. The molecule has 1 atom stereocenters. The summed E-state index contributed by atoms with van der Waals surface area (Å²) in [5.74, 6) is -0.292. The normalized spacial score (nSPS) is 18.4. The number of benzene rings is 1. The zero-order chi connectivity index (χ0) is 22.9. The lowest BCUT2D eigenvalue weighted by atomic mass is 10.0. The number of likely N-dealkylation sites (tertiary alicyclic amines) is 1. The lowest BCUT2D eigenvalue weighted by molar-refractivity contribution is 0.188. The highest BCUT2D eigenvalue weighted by Crippen LogP contribution is 2.29. The van der Waals surface area contributed by atoms with Crippen LogP contribution in [0, 0.1) is 12.7 Å². The van der Waals surface area contributed by atoms with Gasteiger partial charge in [-0.3, -0.25) is 15.0 Å². The number of pyridine rings is 1. The van der Waals surface area contributed by atoms with Crippen molar-refractivity contribution >= 4 is 17.6 Å². The summed E-state index contributed by atoms with van der Waals surface area (Å²) in [6.45, 7) is 4.99. The van der Waals surface area contributed by atoms with Crippen LogP contribution < -0.4 is 5.32 Å². The second kappa shape index (κ2) is 9.11. The summed E-state index contributed by atoms with van der Waals surface area (Å²) in [5.41, 5.74) is 5.45. The number of aromatic amines is 1. The highest BCUT2D eigenvalue weighted by Gasteiger charge is 2.30. The van der Waals surface area contributed by atoms with Crippen molar-refractivity contribution < 1.29 is 9.18 Å². The maximum Gasteiger partial charge on any atom is 0.317 e. The summed E-state index contributed by atoms with van der Waals surface area (Å²) < 4.78 is 14.1. The number of carbonyl (C=O) groups is 1. The molecule has 2 aliphatic rings. The number of urea groups is 1. The number of carbonyl (C=O) groups excluding carboxylic acids is 1. The second-order valence-corrected chi connectivity index (χ2v) is 9.16. The SMILES string of the molecule is Cc1cc(-c2n[nH]c3c2CN(C(=O)N[C@@H]2CCN(Cc4c(F)cccc4Cl)C2)CC3)ccn1. The maximum atomic E-state index is 14.1. The molecular formula is C24H26ClFN6O. The lowest BCUT2D eigenvalue weighted by Gasteiger charge is -2.29. The van der Waals surface area contributed by atoms with Crippen molar-refractivity contribution in [3.05, 3.63) is 69.9 Å². The lowest BCUT2D eigenvalue weighted by Crippen LogP contribution is -2.47. The number of nitrogens with one attached hydrogen (secondary N) is 2. The van der Waals surface area contributed by atoms with Crippen molar-refractivity contribution in [3.63, 3.8) is 0 Å². The molecule has 2 aliphatic heterocycles. The summed E-state index contributed by atoms with van der Waals surface area (Å²) in [4.78, 5) is 21.3. The van der Waals surface area contributed by atoms with Gasteiger partial charge in [0.15, 0.2) is 0 Å². The Kier molecular flexibility index (Phi) is 6.03. The van der Waals surface area contributed by atoms with E-state index < -0.39 is 0 Å². The smallest absolute Gasteiger partial charge is 0.317 e. The minimum atomic E-state index is -0.292. The predicted molar refractivity (Wildman–Crippen MR) is 124 cm³/mol. The Morgan fingerprint density at radius 2 is 2.21 bits per heavy atom. The molecule has 1 fully saturated rings. The molecule has 2 N–H and O–H groups in total. The number of aryl methyl sites for hydroxylation is 1. The van der Waals surface area contributed by atoms with Crippen LogP contribution in [0.3, 0.4) is 0 Å². The fourth-order valence-electron chi connectivity index (χ4n) is 4.67. The predicted octanol–water partition coefficient (Wildman–Crippen LogP) is 3.91. The van der Waals surface area contributed by atoms with E-state index in [1.807, 2.05) is 24.0 Å². The monoisotopic (exact) mass is 468 g/mol. The summed E-state index contributed by atoms with van der Waals surface area (Å²) >= 11 is 6.17. The Morgan fingerprint density at radius 1 is 1.33 bits per heavy atom. The van der Waals surface area contributed by atoms with Crippen LogP contribution in [-0.4, -0.2) is 56.7 Å². The van der Waals surface area contributed by atoms with Crippen LogP contribution in [0.25, 0.3) is 11.3 Å². The van der Waals surface area contributed by atoms with E-state index >= 15 is 0 Å². The first kappa shape index (κ1) is 21.9. The standard InChI is InChI=1S/C24H26ClFN6O/c1-15-11-16(5-8-27-15)23-19-14-32(10-7-22(19)29-30-23)24(33)28-17-6-9-31(12-17)13-18-20(25)3-2-4-21(18)26/h2-5,8,11,17H,6-7,9-10,12-14H2,1H3,(H,28,33)(H,29,30)/t17-/m1/s1. The molecule has 2 aromatic heterocycles. The second-order valence-electron chi connectivity index (χ2n) is 8.76. The third kappa shape index (κ3) is 4.58. The minimum Gasteiger partial charge on any atom is -0.334 e. The largest absolute Gasteiger partial charge is 0.334 e. The van der Waals surface area contributed by atoms with Crippen molar-refractivity contribution in [1.29, 1.82) is 0 Å². The molecule has 172 valence electrons. The number of nitrogens with zero attached hydrogens (tertiary/aromatic N) is 4. The van der Waals surface area contributed by atoms with Gasteiger partial charge < -0.3 is 10.2 Å². The van der Waals surface area contributed by atoms with Gasteiger partial charge in [0.05, 0.1) is 12.2 Å². The van der Waals surface area contributed by atoms with Gasteiger partial charge in [-0.2, -0.15) is 5.10 Å². The Balaban J connectivity index is 1.21. The van der Waals surface area contributed by atoms with E-state index in [0.29, 0.717) is 36.8 Å². The number of hydrogen-bond donors (Lipinski definition) is 2. The van der Waals surface area contributed by atoms with Crippen LogP contribution in [0.1, 0.15) is 28.9 Å². The van der Waals surface area contributed by atoms with Gasteiger partial charge in [0, 0.05) is 77.9 Å². The van der Waals surface area contributed by atoms with Crippen molar-refractivity contribution in [2.24, 2.45) is 0 Å². The average molecular weight is 469 g/mol. The molecule has 9 heteroatoms. The molecule has 3 aromatic rings. The molecule has 0 unspecified atom stereocenters. The Labute approximate surface area is 197 Å². The third-order valence-corrected chi connectivity index (χ3v) is 6.79. The van der Waals surface area contributed by atoms with Gasteiger partial charge in [-0.15, -0.1) is 0 Å². The number of hydrogen-bond acceptors (Lipinski definition) is 4. The van der Waals surface area contributed by atoms with Crippen LogP contribution in [0.15, 0.2) is 36.5 Å². The first-order valence-corrected chi connectivity index (χ1v) is 11.6. The molecule has 0 saturated carbocycles. The van der Waals surface area contributed by atoms with Gasteiger partial charge in [0.25, 0.3) is 0 Å². The fraction of sp³-hybridized carbons (Fsp3) is 0.375. The van der Waals surface area contributed by atoms with Gasteiger partial charge in [-0.05, 0) is 37.6 Å². The number of fused-ring (bicyclic) bond motifs is 1. The molecule has 2 amide bonds. The fourth-order valence-corrected chi connectivity index (χ4v) is 4.89. The van der Waals surface area contributed by atoms with Gasteiger partial charge in [-0.25, -0.2) is 9.18 Å². The molecule has 0 bridgehead atoms. The first-order valence-electron chi connectivity index (χ1n) is 11.2. The van der Waals surface area contributed by atoms with E-state index in [-0.39, 0.29) is 17.9 Å². The van der Waals surface area contributed by atoms with Gasteiger partial charge >= 0.3 is 6.03 Å². The van der Waals surface area contributed by atoms with Crippen molar-refractivity contribution in [3.8, 4) is 11.3 Å². The molecule has 0 radical (unpaired) electrons. The zero-order valence-electron chi connectivity index (χ0n) is 18.4. The summed E-state index contributed by atoms with van der Waals surface area (Å²) in [5, 5.41) is 11.2. The Bertz CT molecular complexity index is 1160. The maximum absolute atomic E-state index is 14.1. The molecule has 5 rings (SSSR count). The molecule has 4 heterocycles. The quantitative estimate of drug-likeness (QED) is 0.608. The Morgan fingerprint density at radius 3 is 3.03 bits per heavy atom. The van der Waals surface area contributed by atoms with Crippen LogP contribution in [0.2, 0.25) is 5.02 Å². The van der Waals surface area contributed by atoms with Crippen LogP contribution in [0.4, 0.5) is 9.18 Å². The number of halogens is 2. The topological polar surface area (TPSA) is 77.2 Å². The van der Waals surface area contributed by atoms with Crippen molar-refractivity contribution in [2.45, 2.75) is 38.9 Å². The van der Waals surface area contributed by atoms with Gasteiger partial charge in [0.2, 0.25) is 0 Å². The molecular weight excluding hydrogens is 443 g/mol. The van der Waals surface area contributed by atoms with E-state index in [0.717, 1.165) is 47.6 Å². The molecule has 1 aromatic carbocycles. The zero-order valence-corrected chi connectivity index (χ0v) is 19.2. The molecule has 0 aliphatic carbocycles. The average Bonchev–Trinajstić information content (AvgIpc) is 3.42. The first-order chi connectivity index (χ1) is 16.0. The molecule has 0 spiro atoms.